The van der Waals surface area contributed by atoms with Crippen LogP contribution in [0.3, 0.4) is 0 Å². The number of rotatable bonds is 3. The summed E-state index contributed by atoms with van der Waals surface area (Å²) in [6.07, 6.45) is 5.33. The Morgan fingerprint density at radius 2 is 2.12 bits per heavy atom. The van der Waals surface area contributed by atoms with Gasteiger partial charge in [0.25, 0.3) is 0 Å². The van der Waals surface area contributed by atoms with E-state index in [0.29, 0.717) is 0 Å². The number of nitrogens with one attached hydrogen (secondary N) is 1. The maximum absolute atomic E-state index is 12.1. The molecule has 1 heterocycles. The molecule has 3 heteroatoms. The van der Waals surface area contributed by atoms with Gasteiger partial charge >= 0.3 is 0 Å². The Bertz CT molecular complexity index is 407. The molecule has 0 radical (unpaired) electrons. The van der Waals surface area contributed by atoms with Crippen molar-refractivity contribution >= 4 is 5.91 Å². The summed E-state index contributed by atoms with van der Waals surface area (Å²) >= 11 is 0. The SMILES string of the molecule is C[C@@H](NC(=O)C1CC2CC2C1)c1ccccn1. The lowest BCUT2D eigenvalue weighted by molar-refractivity contribution is -0.125. The second-order valence-corrected chi connectivity index (χ2v) is 5.41. The number of hydrogen-bond donors (Lipinski definition) is 1. The van der Waals surface area contributed by atoms with Crippen LogP contribution in [-0.4, -0.2) is 10.9 Å². The Labute approximate surface area is 102 Å². The smallest absolute Gasteiger partial charge is 0.223 e. The van der Waals surface area contributed by atoms with Crippen LogP contribution in [0, 0.1) is 17.8 Å². The zero-order valence-electron chi connectivity index (χ0n) is 10.1. The first-order valence-electron chi connectivity index (χ1n) is 6.45. The summed E-state index contributed by atoms with van der Waals surface area (Å²) in [5, 5.41) is 3.08. The van der Waals surface area contributed by atoms with E-state index in [1.165, 1.54) is 6.42 Å². The Morgan fingerprint density at radius 3 is 2.76 bits per heavy atom. The molecule has 2 aliphatic rings. The molecule has 3 atom stereocenters. The molecule has 1 aromatic heterocycles. The van der Waals surface area contributed by atoms with E-state index in [-0.39, 0.29) is 17.9 Å². The van der Waals surface area contributed by atoms with Gasteiger partial charge in [0.15, 0.2) is 0 Å². The average Bonchev–Trinajstić information content (AvgIpc) is 2.97. The number of nitrogens with zero attached hydrogens (tertiary/aromatic N) is 1. The summed E-state index contributed by atoms with van der Waals surface area (Å²) in [5.74, 6) is 2.19. The van der Waals surface area contributed by atoms with Gasteiger partial charge in [-0.25, -0.2) is 0 Å². The molecule has 1 N–H and O–H groups in total. The molecule has 2 unspecified atom stereocenters. The third-order valence-corrected chi connectivity index (χ3v) is 4.10. The van der Waals surface area contributed by atoms with Crippen LogP contribution in [0.5, 0.6) is 0 Å². The van der Waals surface area contributed by atoms with Crippen molar-refractivity contribution in [3.8, 4) is 0 Å². The Kier molecular flexibility index (Phi) is 2.61. The first-order valence-corrected chi connectivity index (χ1v) is 6.45. The Balaban J connectivity index is 1.57. The van der Waals surface area contributed by atoms with Crippen LogP contribution in [-0.2, 0) is 4.79 Å². The molecule has 90 valence electrons. The van der Waals surface area contributed by atoms with Crippen LogP contribution in [0.15, 0.2) is 24.4 Å². The number of aromatic nitrogens is 1. The molecular formula is C14H18N2O. The molecule has 17 heavy (non-hydrogen) atoms. The van der Waals surface area contributed by atoms with Crippen LogP contribution in [0.4, 0.5) is 0 Å². The summed E-state index contributed by atoms with van der Waals surface area (Å²) < 4.78 is 0. The van der Waals surface area contributed by atoms with Crippen LogP contribution < -0.4 is 5.32 Å². The fourth-order valence-corrected chi connectivity index (χ4v) is 2.97. The zero-order chi connectivity index (χ0) is 11.8. The summed E-state index contributed by atoms with van der Waals surface area (Å²) in [5.41, 5.74) is 0.934. The van der Waals surface area contributed by atoms with E-state index in [1.807, 2.05) is 25.1 Å². The van der Waals surface area contributed by atoms with Crippen molar-refractivity contribution in [1.82, 2.24) is 10.3 Å². The van der Waals surface area contributed by atoms with Crippen molar-refractivity contribution in [2.45, 2.75) is 32.2 Å². The van der Waals surface area contributed by atoms with Crippen molar-refractivity contribution in [3.63, 3.8) is 0 Å². The summed E-state index contributed by atoms with van der Waals surface area (Å²) in [6, 6.07) is 5.82. The molecular weight excluding hydrogens is 212 g/mol. The molecule has 0 spiro atoms. The number of amides is 1. The Morgan fingerprint density at radius 1 is 1.35 bits per heavy atom. The number of fused-ring (bicyclic) bond motifs is 1. The lowest BCUT2D eigenvalue weighted by atomic mass is 10.0. The van der Waals surface area contributed by atoms with Crippen molar-refractivity contribution in [1.29, 1.82) is 0 Å². The van der Waals surface area contributed by atoms with Gasteiger partial charge in [0, 0.05) is 12.1 Å². The fraction of sp³-hybridized carbons (Fsp3) is 0.571. The molecule has 2 aliphatic carbocycles. The highest BCUT2D eigenvalue weighted by atomic mass is 16.1. The average molecular weight is 230 g/mol. The highest BCUT2D eigenvalue weighted by molar-refractivity contribution is 5.79. The quantitative estimate of drug-likeness (QED) is 0.865. The van der Waals surface area contributed by atoms with Gasteiger partial charge in [0.2, 0.25) is 5.91 Å². The minimum Gasteiger partial charge on any atom is -0.348 e. The van der Waals surface area contributed by atoms with E-state index in [0.717, 1.165) is 30.4 Å². The highest BCUT2D eigenvalue weighted by Crippen LogP contribution is 2.54. The van der Waals surface area contributed by atoms with Gasteiger partial charge in [0.05, 0.1) is 11.7 Å². The zero-order valence-corrected chi connectivity index (χ0v) is 10.1. The fourth-order valence-electron chi connectivity index (χ4n) is 2.97. The van der Waals surface area contributed by atoms with Gasteiger partial charge in [0.1, 0.15) is 0 Å². The topological polar surface area (TPSA) is 42.0 Å². The molecule has 3 nitrogen and oxygen atoms in total. The summed E-state index contributed by atoms with van der Waals surface area (Å²) in [7, 11) is 0. The molecule has 0 bridgehead atoms. The van der Waals surface area contributed by atoms with Gasteiger partial charge in [-0.3, -0.25) is 9.78 Å². The first kappa shape index (κ1) is 10.8. The van der Waals surface area contributed by atoms with Crippen molar-refractivity contribution in [2.75, 3.05) is 0 Å². The van der Waals surface area contributed by atoms with Crippen molar-refractivity contribution in [2.24, 2.45) is 17.8 Å². The molecule has 3 rings (SSSR count). The molecule has 0 aliphatic heterocycles. The standard InChI is InChI=1S/C14H18N2O/c1-9(13-4-2-3-5-15-13)16-14(17)12-7-10-6-11(10)8-12/h2-5,9-12H,6-8H2,1H3,(H,16,17)/t9-,10?,11?,12?/m1/s1. The minimum absolute atomic E-state index is 0.0145. The van der Waals surface area contributed by atoms with E-state index >= 15 is 0 Å². The predicted octanol–water partition coefficient (Wildman–Crippen LogP) is 2.30. The Hall–Kier alpha value is -1.38. The summed E-state index contributed by atoms with van der Waals surface area (Å²) in [4.78, 5) is 16.3. The lowest BCUT2D eigenvalue weighted by Gasteiger charge is -2.17. The molecule has 2 fully saturated rings. The molecule has 1 amide bonds. The predicted molar refractivity (Wildman–Crippen MR) is 65.1 cm³/mol. The first-order chi connectivity index (χ1) is 8.24. The van der Waals surface area contributed by atoms with Crippen LogP contribution in [0.1, 0.15) is 37.9 Å². The molecule has 0 aromatic carbocycles. The van der Waals surface area contributed by atoms with Crippen LogP contribution in [0.25, 0.3) is 0 Å². The van der Waals surface area contributed by atoms with E-state index < -0.39 is 0 Å². The highest BCUT2D eigenvalue weighted by Gasteiger charge is 2.48. The second-order valence-electron chi connectivity index (χ2n) is 5.41. The van der Waals surface area contributed by atoms with E-state index in [2.05, 4.69) is 10.3 Å². The van der Waals surface area contributed by atoms with Crippen LogP contribution >= 0.6 is 0 Å². The van der Waals surface area contributed by atoms with Gasteiger partial charge in [-0.2, -0.15) is 0 Å². The normalized spacial score (nSPS) is 31.7. The van der Waals surface area contributed by atoms with Gasteiger partial charge in [-0.15, -0.1) is 0 Å². The number of hydrogen-bond acceptors (Lipinski definition) is 2. The maximum atomic E-state index is 12.1. The van der Waals surface area contributed by atoms with E-state index in [9.17, 15) is 4.79 Å². The molecule has 2 saturated carbocycles. The number of pyridine rings is 1. The van der Waals surface area contributed by atoms with E-state index in [4.69, 9.17) is 0 Å². The van der Waals surface area contributed by atoms with Crippen molar-refractivity contribution in [3.05, 3.63) is 30.1 Å². The lowest BCUT2D eigenvalue weighted by Crippen LogP contribution is -2.32. The van der Waals surface area contributed by atoms with Crippen molar-refractivity contribution < 1.29 is 4.79 Å². The maximum Gasteiger partial charge on any atom is 0.223 e. The minimum atomic E-state index is 0.0145. The molecule has 0 saturated heterocycles. The van der Waals surface area contributed by atoms with Crippen LogP contribution in [0.2, 0.25) is 0 Å². The monoisotopic (exact) mass is 230 g/mol. The third kappa shape index (κ3) is 2.19. The van der Waals surface area contributed by atoms with E-state index in [1.54, 1.807) is 6.20 Å². The van der Waals surface area contributed by atoms with Gasteiger partial charge in [-0.05, 0) is 50.2 Å². The number of carbonyl (C=O) groups excluding carboxylic acids is 1. The summed E-state index contributed by atoms with van der Waals surface area (Å²) in [6.45, 7) is 2.00. The largest absolute Gasteiger partial charge is 0.348 e. The molecule has 1 aromatic rings. The third-order valence-electron chi connectivity index (χ3n) is 4.10. The second kappa shape index (κ2) is 4.13. The van der Waals surface area contributed by atoms with Gasteiger partial charge in [-0.1, -0.05) is 6.07 Å². The number of carbonyl (C=O) groups is 1. The van der Waals surface area contributed by atoms with Gasteiger partial charge < -0.3 is 5.32 Å².